The molecule has 0 aromatic heterocycles. The highest BCUT2D eigenvalue weighted by molar-refractivity contribution is 6.02. The van der Waals surface area contributed by atoms with Gasteiger partial charge in [-0.15, -0.1) is 0 Å². The standard InChI is InChI=1S/C29H32O4/c1-17-15-22-23(28(5,6)14-13-27(22,3)4)16-21(17)18(2)19-9-11-20(12-10-19)24-25(30)32-29(7,8)33-26(24)31/h9-16,24H,2H2,1,3-8H3. The topological polar surface area (TPSA) is 52.6 Å². The Morgan fingerprint density at radius 3 is 1.82 bits per heavy atom. The van der Waals surface area contributed by atoms with Gasteiger partial charge in [0.15, 0.2) is 5.92 Å². The first-order valence-electron chi connectivity index (χ1n) is 11.3. The number of cyclic esters (lactones) is 2. The maximum absolute atomic E-state index is 12.4. The number of benzene rings is 2. The van der Waals surface area contributed by atoms with E-state index in [1.807, 2.05) is 12.1 Å². The maximum Gasteiger partial charge on any atom is 0.328 e. The normalized spacial score (nSPS) is 20.6. The van der Waals surface area contributed by atoms with Crippen molar-refractivity contribution < 1.29 is 19.1 Å². The fraction of sp³-hybridized carbons (Fsp3) is 0.379. The second-order valence-electron chi connectivity index (χ2n) is 10.8. The van der Waals surface area contributed by atoms with Gasteiger partial charge < -0.3 is 9.47 Å². The van der Waals surface area contributed by atoms with Gasteiger partial charge >= 0.3 is 11.9 Å². The monoisotopic (exact) mass is 444 g/mol. The van der Waals surface area contributed by atoms with E-state index in [1.165, 1.54) is 16.7 Å². The molecule has 0 unspecified atom stereocenters. The summed E-state index contributed by atoms with van der Waals surface area (Å²) in [4.78, 5) is 24.8. The van der Waals surface area contributed by atoms with Crippen LogP contribution in [0.1, 0.15) is 80.8 Å². The third-order valence-electron chi connectivity index (χ3n) is 6.75. The number of hydrogen-bond donors (Lipinski definition) is 0. The number of fused-ring (bicyclic) bond motifs is 1. The van der Waals surface area contributed by atoms with Gasteiger partial charge in [-0.3, -0.25) is 9.59 Å². The molecule has 1 aliphatic carbocycles. The van der Waals surface area contributed by atoms with E-state index in [4.69, 9.17) is 9.47 Å². The van der Waals surface area contributed by atoms with Crippen molar-refractivity contribution in [1.29, 1.82) is 0 Å². The van der Waals surface area contributed by atoms with E-state index in [0.29, 0.717) is 5.56 Å². The molecule has 2 aromatic carbocycles. The zero-order valence-corrected chi connectivity index (χ0v) is 20.5. The first kappa shape index (κ1) is 23.0. The van der Waals surface area contributed by atoms with Crippen LogP contribution in [0.2, 0.25) is 0 Å². The summed E-state index contributed by atoms with van der Waals surface area (Å²) in [6.45, 7) is 18.5. The van der Waals surface area contributed by atoms with E-state index < -0.39 is 23.6 Å². The molecule has 2 aliphatic rings. The Balaban J connectivity index is 1.67. The third kappa shape index (κ3) is 4.03. The predicted molar refractivity (Wildman–Crippen MR) is 130 cm³/mol. The van der Waals surface area contributed by atoms with Gasteiger partial charge in [-0.1, -0.05) is 76.8 Å². The molecule has 1 aliphatic heterocycles. The fourth-order valence-corrected chi connectivity index (χ4v) is 4.72. The number of allylic oxidation sites excluding steroid dienone is 2. The predicted octanol–water partition coefficient (Wildman–Crippen LogP) is 6.10. The van der Waals surface area contributed by atoms with Crippen molar-refractivity contribution in [3.63, 3.8) is 0 Å². The van der Waals surface area contributed by atoms with Crippen LogP contribution in [0, 0.1) is 6.92 Å². The minimum absolute atomic E-state index is 0.0189. The highest BCUT2D eigenvalue weighted by atomic mass is 16.7. The van der Waals surface area contributed by atoms with Gasteiger partial charge in [-0.05, 0) is 51.9 Å². The van der Waals surface area contributed by atoms with Crippen molar-refractivity contribution in [3.05, 3.63) is 88.5 Å². The maximum atomic E-state index is 12.4. The summed E-state index contributed by atoms with van der Waals surface area (Å²) in [5.41, 5.74) is 7.22. The molecule has 0 bridgehead atoms. The van der Waals surface area contributed by atoms with Crippen molar-refractivity contribution in [1.82, 2.24) is 0 Å². The van der Waals surface area contributed by atoms with Crippen LogP contribution < -0.4 is 0 Å². The number of carbonyl (C=O) groups is 2. The van der Waals surface area contributed by atoms with Crippen LogP contribution in [0.3, 0.4) is 0 Å². The zero-order valence-electron chi connectivity index (χ0n) is 20.5. The van der Waals surface area contributed by atoms with Crippen molar-refractivity contribution in [2.24, 2.45) is 0 Å². The lowest BCUT2D eigenvalue weighted by molar-refractivity contribution is -0.234. The number of esters is 2. The molecule has 4 heteroatoms. The van der Waals surface area contributed by atoms with Gasteiger partial charge in [0.1, 0.15) is 0 Å². The summed E-state index contributed by atoms with van der Waals surface area (Å²) in [5.74, 6) is -3.49. The van der Waals surface area contributed by atoms with Crippen LogP contribution in [0.15, 0.2) is 55.1 Å². The molecule has 0 radical (unpaired) electrons. The first-order chi connectivity index (χ1) is 15.2. The Hall–Kier alpha value is -3.14. The van der Waals surface area contributed by atoms with Crippen molar-refractivity contribution in [3.8, 4) is 0 Å². The SMILES string of the molecule is C=C(c1ccc(C2C(=O)OC(C)(C)OC2=O)cc1)c1cc2c(cc1C)C(C)(C)C=CC2(C)C. The van der Waals surface area contributed by atoms with E-state index in [1.54, 1.807) is 26.0 Å². The Kier molecular flexibility index (Phi) is 5.19. The van der Waals surface area contributed by atoms with E-state index in [-0.39, 0.29) is 10.8 Å². The smallest absolute Gasteiger partial charge is 0.328 e. The van der Waals surface area contributed by atoms with Crippen LogP contribution in [0.4, 0.5) is 0 Å². The summed E-state index contributed by atoms with van der Waals surface area (Å²) < 4.78 is 10.5. The second kappa shape index (κ2) is 7.44. The Bertz CT molecular complexity index is 1170. The molecule has 0 spiro atoms. The summed E-state index contributed by atoms with van der Waals surface area (Å²) in [6.07, 6.45) is 4.58. The molecule has 0 N–H and O–H groups in total. The lowest BCUT2D eigenvalue weighted by atomic mass is 9.67. The summed E-state index contributed by atoms with van der Waals surface area (Å²) in [7, 11) is 0. The van der Waals surface area contributed by atoms with Gasteiger partial charge in [-0.25, -0.2) is 0 Å². The number of ether oxygens (including phenoxy) is 2. The van der Waals surface area contributed by atoms with E-state index in [0.717, 1.165) is 16.7 Å². The summed E-state index contributed by atoms with van der Waals surface area (Å²) in [5, 5.41) is 0. The number of carbonyl (C=O) groups excluding carboxylic acids is 2. The fourth-order valence-electron chi connectivity index (χ4n) is 4.72. The number of aryl methyl sites for hydroxylation is 1. The minimum Gasteiger partial charge on any atom is -0.422 e. The molecule has 1 saturated heterocycles. The Labute approximate surface area is 196 Å². The molecule has 0 atom stereocenters. The second-order valence-corrected chi connectivity index (χ2v) is 10.8. The van der Waals surface area contributed by atoms with Crippen molar-refractivity contribution in [2.75, 3.05) is 0 Å². The van der Waals surface area contributed by atoms with Gasteiger partial charge in [-0.2, -0.15) is 0 Å². The van der Waals surface area contributed by atoms with Gasteiger partial charge in [0, 0.05) is 24.7 Å². The van der Waals surface area contributed by atoms with Crippen molar-refractivity contribution >= 4 is 17.5 Å². The van der Waals surface area contributed by atoms with Gasteiger partial charge in [0.25, 0.3) is 5.79 Å². The highest BCUT2D eigenvalue weighted by Gasteiger charge is 2.44. The minimum atomic E-state index is -1.24. The molecule has 33 heavy (non-hydrogen) atoms. The molecular weight excluding hydrogens is 412 g/mol. The quantitative estimate of drug-likeness (QED) is 0.326. The molecule has 2 aromatic rings. The van der Waals surface area contributed by atoms with Crippen LogP contribution in [-0.2, 0) is 29.9 Å². The average Bonchev–Trinajstić information content (AvgIpc) is 2.70. The molecule has 1 heterocycles. The van der Waals surface area contributed by atoms with Crippen LogP contribution in [-0.4, -0.2) is 17.7 Å². The molecule has 4 rings (SSSR count). The summed E-state index contributed by atoms with van der Waals surface area (Å²) in [6, 6.07) is 11.9. The Morgan fingerprint density at radius 2 is 1.30 bits per heavy atom. The first-order valence-corrected chi connectivity index (χ1v) is 11.3. The number of hydrogen-bond acceptors (Lipinski definition) is 4. The molecule has 172 valence electrons. The molecular formula is C29H32O4. The van der Waals surface area contributed by atoms with Gasteiger partial charge in [0.2, 0.25) is 0 Å². The number of rotatable bonds is 3. The van der Waals surface area contributed by atoms with Crippen LogP contribution in [0.5, 0.6) is 0 Å². The average molecular weight is 445 g/mol. The summed E-state index contributed by atoms with van der Waals surface area (Å²) >= 11 is 0. The van der Waals surface area contributed by atoms with Crippen molar-refractivity contribution in [2.45, 2.75) is 71.0 Å². The molecule has 4 nitrogen and oxygen atoms in total. The van der Waals surface area contributed by atoms with E-state index >= 15 is 0 Å². The van der Waals surface area contributed by atoms with Crippen LogP contribution >= 0.6 is 0 Å². The van der Waals surface area contributed by atoms with Gasteiger partial charge in [0.05, 0.1) is 0 Å². The Morgan fingerprint density at radius 1 is 0.818 bits per heavy atom. The molecule has 0 saturated carbocycles. The highest BCUT2D eigenvalue weighted by Crippen LogP contribution is 2.43. The molecule has 0 amide bonds. The van der Waals surface area contributed by atoms with E-state index in [2.05, 4.69) is 65.5 Å². The largest absolute Gasteiger partial charge is 0.422 e. The van der Waals surface area contributed by atoms with E-state index in [9.17, 15) is 9.59 Å². The molecule has 1 fully saturated rings. The lowest BCUT2D eigenvalue weighted by Crippen LogP contribution is -2.45. The van der Waals surface area contributed by atoms with Crippen LogP contribution in [0.25, 0.3) is 5.57 Å². The third-order valence-corrected chi connectivity index (χ3v) is 6.75. The zero-order chi connectivity index (χ0) is 24.3. The lowest BCUT2D eigenvalue weighted by Gasteiger charge is -2.37.